The van der Waals surface area contributed by atoms with Gasteiger partial charge in [-0.2, -0.15) is 0 Å². The zero-order valence-electron chi connectivity index (χ0n) is 10.8. The van der Waals surface area contributed by atoms with Gasteiger partial charge in [-0.05, 0) is 0 Å². The molecule has 0 atom stereocenters. The van der Waals surface area contributed by atoms with Crippen molar-refractivity contribution in [2.24, 2.45) is 0 Å². The summed E-state index contributed by atoms with van der Waals surface area (Å²) >= 11 is 0. The second kappa shape index (κ2) is 26.8. The summed E-state index contributed by atoms with van der Waals surface area (Å²) in [5, 5.41) is 87.2. The van der Waals surface area contributed by atoms with Crippen LogP contribution in [-0.2, 0) is 4.57 Å². The minimum atomic E-state index is -4.64. The van der Waals surface area contributed by atoms with E-state index in [1.54, 1.807) is 0 Å². The van der Waals surface area contributed by atoms with Crippen LogP contribution < -0.4 is 34.6 Å². The Bertz CT molecular complexity index is 159. The fraction of sp³-hybridized carbons (Fsp3) is 0. The fourth-order valence-electron chi connectivity index (χ4n) is 0. The SMILES string of the molecule is O=P(O)(O)O.OB(O)O.OB(O)O.OB(O)O.[Na+].[O-]B(O)O. The summed E-state index contributed by atoms with van der Waals surface area (Å²) < 4.78 is 8.88. The van der Waals surface area contributed by atoms with Crippen LogP contribution in [0.15, 0.2) is 0 Å². The first kappa shape index (κ1) is 38.4. The predicted octanol–water partition coefficient (Wildman–Crippen LogP) is -12.8. The van der Waals surface area contributed by atoms with E-state index in [1.807, 2.05) is 0 Å². The first-order chi connectivity index (χ1) is 8.93. The number of hydrogen-bond donors (Lipinski definition) is 14. The summed E-state index contributed by atoms with van der Waals surface area (Å²) in [6.07, 6.45) is 0. The van der Waals surface area contributed by atoms with Crippen molar-refractivity contribution in [2.45, 2.75) is 0 Å². The molecule has 0 saturated carbocycles. The first-order valence-corrected chi connectivity index (χ1v) is 5.42. The molecule has 0 amide bonds. The van der Waals surface area contributed by atoms with Gasteiger partial charge in [-0.3, -0.25) is 0 Å². The van der Waals surface area contributed by atoms with Gasteiger partial charge in [0.25, 0.3) is 0 Å². The van der Waals surface area contributed by atoms with Crippen molar-refractivity contribution < 1.29 is 109 Å². The Morgan fingerprint density at radius 2 is 0.591 bits per heavy atom. The molecule has 0 aliphatic rings. The molecule has 0 aromatic rings. The molecule has 0 radical (unpaired) electrons. The van der Waals surface area contributed by atoms with Crippen LogP contribution in [0, 0.1) is 0 Å². The molecule has 16 nitrogen and oxygen atoms in total. The van der Waals surface area contributed by atoms with Gasteiger partial charge in [0.05, 0.1) is 0 Å². The van der Waals surface area contributed by atoms with Crippen LogP contribution in [0.3, 0.4) is 0 Å². The van der Waals surface area contributed by atoms with Crippen molar-refractivity contribution in [1.29, 1.82) is 0 Å². The largest absolute Gasteiger partial charge is 1.00 e. The molecule has 0 rings (SSSR count). The summed E-state index contributed by atoms with van der Waals surface area (Å²) in [5.41, 5.74) is 0. The van der Waals surface area contributed by atoms with Gasteiger partial charge < -0.3 is 75.0 Å². The monoisotopic (exact) mass is 368 g/mol. The van der Waals surface area contributed by atoms with E-state index in [-0.39, 0.29) is 29.6 Å². The molecular formula is H14B4NaO16P. The Morgan fingerprint density at radius 3 is 0.591 bits per heavy atom. The molecule has 0 heterocycles. The average Bonchev–Trinajstić information content (AvgIpc) is 1.91. The first-order valence-electron chi connectivity index (χ1n) is 3.86. The third-order valence-electron chi connectivity index (χ3n) is 0. The van der Waals surface area contributed by atoms with Gasteiger partial charge in [-0.25, -0.2) is 4.57 Å². The molecule has 0 bridgehead atoms. The van der Waals surface area contributed by atoms with Crippen LogP contribution in [0.2, 0.25) is 0 Å². The molecule has 14 N–H and O–H groups in total. The summed E-state index contributed by atoms with van der Waals surface area (Å²) in [6, 6.07) is 0. The normalized spacial score (nSPS) is 7.59. The third-order valence-corrected chi connectivity index (χ3v) is 0. The third kappa shape index (κ3) is 10400. The van der Waals surface area contributed by atoms with E-state index >= 15 is 0 Å². The molecular weight excluding hydrogens is 353 g/mol. The standard InChI is InChI=1S/3BH3O3.BH2O3.Na.H3O4P/c4*2-1(3)4;;1-5(2,3)4/h3*2-4H;2-3H;;(H3,1,2,3,4)/q;;;-1;+1;. The van der Waals surface area contributed by atoms with Crippen molar-refractivity contribution in [3.8, 4) is 0 Å². The molecule has 128 valence electrons. The van der Waals surface area contributed by atoms with Gasteiger partial charge in [0.1, 0.15) is 0 Å². The maximum atomic E-state index is 8.88. The van der Waals surface area contributed by atoms with Crippen LogP contribution in [0.1, 0.15) is 0 Å². The Hall–Kier alpha value is 0.890. The Labute approximate surface area is 146 Å². The van der Waals surface area contributed by atoms with Gasteiger partial charge in [0.15, 0.2) is 0 Å². The van der Waals surface area contributed by atoms with Crippen LogP contribution in [0.4, 0.5) is 0 Å². The van der Waals surface area contributed by atoms with Crippen molar-refractivity contribution >= 4 is 37.1 Å². The van der Waals surface area contributed by atoms with Crippen molar-refractivity contribution in [2.75, 3.05) is 0 Å². The van der Waals surface area contributed by atoms with Crippen LogP contribution >= 0.6 is 7.82 Å². The molecule has 0 aliphatic heterocycles. The topological polar surface area (TPSA) is 323 Å². The van der Waals surface area contributed by atoms with E-state index in [2.05, 4.69) is 0 Å². The molecule has 0 unspecified atom stereocenters. The quantitative estimate of drug-likeness (QED) is 0.139. The van der Waals surface area contributed by atoms with Gasteiger partial charge >= 0.3 is 66.7 Å². The molecule has 0 spiro atoms. The van der Waals surface area contributed by atoms with Crippen LogP contribution in [0.5, 0.6) is 0 Å². The maximum absolute atomic E-state index is 8.88. The second-order valence-corrected chi connectivity index (χ2v) is 2.91. The molecule has 0 aliphatic carbocycles. The zero-order valence-corrected chi connectivity index (χ0v) is 13.7. The van der Waals surface area contributed by atoms with E-state index in [1.165, 1.54) is 0 Å². The predicted molar refractivity (Wildman–Crippen MR) is 61.7 cm³/mol. The molecule has 0 saturated heterocycles. The molecule has 0 fully saturated rings. The minimum absolute atomic E-state index is 0. The van der Waals surface area contributed by atoms with E-state index in [0.717, 1.165) is 0 Å². The zero-order chi connectivity index (χ0) is 18.8. The molecule has 22 heteroatoms. The fourth-order valence-corrected chi connectivity index (χ4v) is 0. The summed E-state index contributed by atoms with van der Waals surface area (Å²) in [7, 11) is -13.6. The van der Waals surface area contributed by atoms with E-state index < -0.39 is 37.1 Å². The van der Waals surface area contributed by atoms with Gasteiger partial charge in [0, 0.05) is 0 Å². The summed E-state index contributed by atoms with van der Waals surface area (Å²) in [5.74, 6) is 0. The summed E-state index contributed by atoms with van der Waals surface area (Å²) in [4.78, 5) is 21.6. The molecule has 0 aromatic heterocycles. The minimum Gasteiger partial charge on any atom is -0.832 e. The average molecular weight is 367 g/mol. The Morgan fingerprint density at radius 1 is 0.591 bits per heavy atom. The Kier molecular flexibility index (Phi) is 46.8. The van der Waals surface area contributed by atoms with Gasteiger partial charge in [-0.15, -0.1) is 0 Å². The van der Waals surface area contributed by atoms with Crippen molar-refractivity contribution in [1.82, 2.24) is 0 Å². The summed E-state index contributed by atoms with van der Waals surface area (Å²) in [6.45, 7) is 0. The molecule has 22 heavy (non-hydrogen) atoms. The maximum Gasteiger partial charge on any atom is 1.00 e. The number of rotatable bonds is 0. The van der Waals surface area contributed by atoms with Crippen LogP contribution in [0.25, 0.3) is 0 Å². The van der Waals surface area contributed by atoms with Gasteiger partial charge in [0.2, 0.25) is 0 Å². The van der Waals surface area contributed by atoms with E-state index in [9.17, 15) is 0 Å². The van der Waals surface area contributed by atoms with Crippen LogP contribution in [-0.4, -0.2) is 99.2 Å². The van der Waals surface area contributed by atoms with E-state index in [0.29, 0.717) is 0 Å². The number of hydrogen-bond acceptors (Lipinski definition) is 13. The van der Waals surface area contributed by atoms with Crippen molar-refractivity contribution in [3.63, 3.8) is 0 Å². The Balaban J connectivity index is -0.0000000361. The molecule has 0 aromatic carbocycles. The number of phosphoric acid groups is 1. The smallest absolute Gasteiger partial charge is 0.832 e. The van der Waals surface area contributed by atoms with E-state index in [4.69, 9.17) is 79.5 Å². The van der Waals surface area contributed by atoms with Crippen molar-refractivity contribution in [3.05, 3.63) is 0 Å². The second-order valence-electron chi connectivity index (χ2n) is 1.88. The van der Waals surface area contributed by atoms with Gasteiger partial charge in [-0.1, -0.05) is 0 Å².